The maximum absolute atomic E-state index is 3.64. The third-order valence-electron chi connectivity index (χ3n) is 6.01. The van der Waals surface area contributed by atoms with Crippen molar-refractivity contribution in [3.05, 3.63) is 96.8 Å². The second-order valence-corrected chi connectivity index (χ2v) is 7.95. The van der Waals surface area contributed by atoms with Gasteiger partial charge in [-0.3, -0.25) is 0 Å². The molecule has 0 aromatic heterocycles. The van der Waals surface area contributed by atoms with Crippen molar-refractivity contribution in [3.8, 4) is 0 Å². The fourth-order valence-electron chi connectivity index (χ4n) is 4.13. The van der Waals surface area contributed by atoms with Gasteiger partial charge < -0.3 is 38.7 Å². The van der Waals surface area contributed by atoms with E-state index < -0.39 is 0 Å². The van der Waals surface area contributed by atoms with Gasteiger partial charge >= 0.3 is 26.2 Å². The minimum Gasteiger partial charge on any atom is -1.00 e. The van der Waals surface area contributed by atoms with Gasteiger partial charge in [0.25, 0.3) is 0 Å². The first-order valence-corrected chi connectivity index (χ1v) is 12.1. The molecule has 4 aromatic carbocycles. The van der Waals surface area contributed by atoms with Gasteiger partial charge in [0.15, 0.2) is 0 Å². The van der Waals surface area contributed by atoms with Crippen LogP contribution in [0.5, 0.6) is 0 Å². The molecule has 0 unspecified atom stereocenters. The van der Waals surface area contributed by atoms with Crippen LogP contribution in [0.3, 0.4) is 0 Å². The summed E-state index contributed by atoms with van der Waals surface area (Å²) in [5.41, 5.74) is 5.88. The summed E-state index contributed by atoms with van der Waals surface area (Å²) in [7, 11) is 0. The third kappa shape index (κ3) is 9.29. The van der Waals surface area contributed by atoms with Crippen molar-refractivity contribution in [3.63, 3.8) is 0 Å². The number of hydrogen-bond donors (Lipinski definition) is 0. The molecule has 0 saturated heterocycles. The zero-order chi connectivity index (χ0) is 22.6. The van der Waals surface area contributed by atoms with Gasteiger partial charge in [0.1, 0.15) is 0 Å². The monoisotopic (exact) mass is 572 g/mol. The Morgan fingerprint density at radius 1 is 0.559 bits per heavy atom. The summed E-state index contributed by atoms with van der Waals surface area (Å²) >= 11 is 0. The summed E-state index contributed by atoms with van der Waals surface area (Å²) in [5.74, 6) is 0. The van der Waals surface area contributed by atoms with Gasteiger partial charge in [-0.25, -0.2) is 0 Å². The molecule has 0 fully saturated rings. The first-order valence-electron chi connectivity index (χ1n) is 12.1. The number of hydrogen-bond acceptors (Lipinski definition) is 0. The van der Waals surface area contributed by atoms with Crippen LogP contribution in [-0.4, -0.2) is 0 Å². The number of aryl methyl sites for hydroxylation is 4. The normalized spacial score (nSPS) is 9.59. The molecule has 34 heavy (non-hydrogen) atoms. The molecule has 4 rings (SSSR count). The second kappa shape index (κ2) is 19.3. The van der Waals surface area contributed by atoms with Gasteiger partial charge in [-0.05, 0) is 12.8 Å². The number of fused-ring (bicyclic) bond motifs is 2. The molecule has 0 atom stereocenters. The standard InChI is InChI=1S/2C13H15.C5H10.2ClH.Zr/c2*1-3-10-8-9-11(4-2)13-7-5-6-12(10)13;1-3-5-4-2;;;/h2*5-9H,3-4H2,1-2H3;1-5H2;2*1H;/q2*-1;-2;;;+2/p-2. The molecule has 0 bridgehead atoms. The molecule has 4 aromatic rings. The van der Waals surface area contributed by atoms with Gasteiger partial charge in [0.05, 0.1) is 0 Å². The Bertz CT molecular complexity index is 882. The van der Waals surface area contributed by atoms with Crippen LogP contribution in [0, 0.1) is 13.8 Å². The minimum atomic E-state index is 0. The zero-order valence-corrected chi connectivity index (χ0v) is 25.4. The van der Waals surface area contributed by atoms with Crippen LogP contribution < -0.4 is 24.8 Å². The molecule has 0 aliphatic rings. The van der Waals surface area contributed by atoms with Crippen LogP contribution in [0.25, 0.3) is 21.5 Å². The summed E-state index contributed by atoms with van der Waals surface area (Å²) in [5, 5.41) is 5.78. The zero-order valence-electron chi connectivity index (χ0n) is 21.4. The average molecular weight is 575 g/mol. The Morgan fingerprint density at radius 3 is 1.15 bits per heavy atom. The van der Waals surface area contributed by atoms with Crippen molar-refractivity contribution in [2.45, 2.75) is 72.6 Å². The van der Waals surface area contributed by atoms with E-state index in [0.717, 1.165) is 38.5 Å². The summed E-state index contributed by atoms with van der Waals surface area (Å²) in [4.78, 5) is 0. The SMILES string of the molecule is CCc1ccc(CC)c2[cH-]ccc12.CCc1ccc(CC)c2[cH-]ccc12.[CH2-]CCC[CH2-].[Cl-].[Cl-].[Zr+2]. The number of unbranched alkanes of at least 4 members (excludes halogenated alkanes) is 2. The van der Waals surface area contributed by atoms with Crippen LogP contribution >= 0.6 is 0 Å². The Hall–Kier alpha value is -0.877. The third-order valence-corrected chi connectivity index (χ3v) is 6.01. The van der Waals surface area contributed by atoms with Crippen LogP contribution in [0.2, 0.25) is 0 Å². The maximum Gasteiger partial charge on any atom is 2.00 e. The van der Waals surface area contributed by atoms with Crippen LogP contribution in [0.4, 0.5) is 0 Å². The quantitative estimate of drug-likeness (QED) is 0.311. The molecular weight excluding hydrogens is 534 g/mol. The van der Waals surface area contributed by atoms with Crippen LogP contribution in [0.15, 0.2) is 60.7 Å². The van der Waals surface area contributed by atoms with E-state index in [-0.39, 0.29) is 51.0 Å². The van der Waals surface area contributed by atoms with Crippen LogP contribution in [0.1, 0.15) is 69.2 Å². The average Bonchev–Trinajstić information content (AvgIpc) is 3.49. The molecule has 0 saturated carbocycles. The smallest absolute Gasteiger partial charge is 1.00 e. The van der Waals surface area contributed by atoms with Gasteiger partial charge in [-0.15, -0.1) is 63.4 Å². The first-order chi connectivity index (χ1) is 15.1. The molecule has 0 amide bonds. The summed E-state index contributed by atoms with van der Waals surface area (Å²) in [6.45, 7) is 16.1. The van der Waals surface area contributed by atoms with Crippen molar-refractivity contribution < 1.29 is 51.0 Å². The van der Waals surface area contributed by atoms with E-state index in [4.69, 9.17) is 0 Å². The molecule has 0 aliphatic carbocycles. The molecule has 0 nitrogen and oxygen atoms in total. The minimum absolute atomic E-state index is 0. The van der Waals surface area contributed by atoms with E-state index in [2.05, 4.69) is 102 Å². The molecule has 0 N–H and O–H groups in total. The Morgan fingerprint density at radius 2 is 0.882 bits per heavy atom. The predicted molar refractivity (Wildman–Crippen MR) is 141 cm³/mol. The van der Waals surface area contributed by atoms with Crippen molar-refractivity contribution in [1.82, 2.24) is 0 Å². The molecular formula is C31H40Cl2Zr-4. The topological polar surface area (TPSA) is 0 Å². The fraction of sp³-hybridized carbons (Fsp3) is 0.355. The summed E-state index contributed by atoms with van der Waals surface area (Å²) < 4.78 is 0. The van der Waals surface area contributed by atoms with E-state index in [1.165, 1.54) is 50.2 Å². The van der Waals surface area contributed by atoms with E-state index in [9.17, 15) is 0 Å². The van der Waals surface area contributed by atoms with Gasteiger partial charge in [-0.1, -0.05) is 63.8 Å². The molecule has 0 heterocycles. The van der Waals surface area contributed by atoms with Crippen molar-refractivity contribution >= 4 is 21.5 Å². The van der Waals surface area contributed by atoms with Crippen molar-refractivity contribution in [2.75, 3.05) is 0 Å². The van der Waals surface area contributed by atoms with E-state index in [0.29, 0.717) is 0 Å². The molecule has 3 heteroatoms. The fourth-order valence-corrected chi connectivity index (χ4v) is 4.13. The second-order valence-electron chi connectivity index (χ2n) is 7.95. The molecule has 186 valence electrons. The maximum atomic E-state index is 3.64. The van der Waals surface area contributed by atoms with Crippen molar-refractivity contribution in [1.29, 1.82) is 0 Å². The first kappa shape index (κ1) is 35.3. The van der Waals surface area contributed by atoms with Gasteiger partial charge in [0, 0.05) is 0 Å². The van der Waals surface area contributed by atoms with Crippen molar-refractivity contribution in [2.24, 2.45) is 0 Å². The number of benzene rings is 2. The Balaban J connectivity index is 0. The molecule has 0 radical (unpaired) electrons. The van der Waals surface area contributed by atoms with Gasteiger partial charge in [-0.2, -0.15) is 37.1 Å². The van der Waals surface area contributed by atoms with Crippen LogP contribution in [-0.2, 0) is 51.9 Å². The molecule has 0 spiro atoms. The number of halogens is 2. The molecule has 0 aliphatic heterocycles. The number of rotatable bonds is 6. The summed E-state index contributed by atoms with van der Waals surface area (Å²) in [6.07, 6.45) is 7.75. The van der Waals surface area contributed by atoms with E-state index in [1.807, 2.05) is 0 Å². The summed E-state index contributed by atoms with van der Waals surface area (Å²) in [6, 6.07) is 22.3. The Labute approximate surface area is 240 Å². The Kier molecular flexibility index (Phi) is 20.1. The van der Waals surface area contributed by atoms with E-state index in [1.54, 1.807) is 0 Å². The largest absolute Gasteiger partial charge is 2.00 e. The van der Waals surface area contributed by atoms with Gasteiger partial charge in [0.2, 0.25) is 0 Å². The predicted octanol–water partition coefficient (Wildman–Crippen LogP) is 3.20. The van der Waals surface area contributed by atoms with E-state index >= 15 is 0 Å².